The monoisotopic (exact) mass is 259 g/mol. The Balaban J connectivity index is 2.18. The summed E-state index contributed by atoms with van der Waals surface area (Å²) in [5, 5.41) is 10.8. The number of aliphatic carboxylic acids is 1. The molecule has 1 saturated heterocycles. The second-order valence-electron chi connectivity index (χ2n) is 3.20. The highest BCUT2D eigenvalue weighted by Gasteiger charge is 2.35. The Labute approximate surface area is 99.5 Å². The number of hydrogen-bond donors (Lipinski definition) is 2. The van der Waals surface area contributed by atoms with Crippen LogP contribution >= 0.6 is 23.1 Å². The van der Waals surface area contributed by atoms with Crippen LogP contribution in [0.25, 0.3) is 0 Å². The van der Waals surface area contributed by atoms with Gasteiger partial charge in [0, 0.05) is 11.1 Å². The third kappa shape index (κ3) is 1.98. The van der Waals surface area contributed by atoms with Gasteiger partial charge in [-0.2, -0.15) is 0 Å². The Bertz CT molecular complexity index is 434. The second kappa shape index (κ2) is 4.30. The van der Waals surface area contributed by atoms with Gasteiger partial charge < -0.3 is 15.7 Å². The van der Waals surface area contributed by atoms with Gasteiger partial charge in [0.1, 0.15) is 11.7 Å². The number of nitrogen functional groups attached to an aromatic ring is 1. The first-order valence-electron chi connectivity index (χ1n) is 4.42. The van der Waals surface area contributed by atoms with Crippen LogP contribution in [0.2, 0.25) is 0 Å². The average Bonchev–Trinajstić information content (AvgIpc) is 2.84. The van der Waals surface area contributed by atoms with Crippen LogP contribution in [0.3, 0.4) is 0 Å². The first-order valence-corrected chi connectivity index (χ1v) is 6.45. The molecule has 86 valence electrons. The van der Waals surface area contributed by atoms with Gasteiger partial charge in [-0.05, 0) is 0 Å². The molecule has 0 radical (unpaired) electrons. The van der Waals surface area contributed by atoms with Gasteiger partial charge in [-0.1, -0.05) is 0 Å². The molecule has 3 N–H and O–H groups in total. The third-order valence-electron chi connectivity index (χ3n) is 2.17. The molecule has 2 rings (SSSR count). The molecule has 6 nitrogen and oxygen atoms in total. The summed E-state index contributed by atoms with van der Waals surface area (Å²) in [4.78, 5) is 28.0. The molecule has 1 aliphatic rings. The summed E-state index contributed by atoms with van der Waals surface area (Å²) < 4.78 is 0. The van der Waals surface area contributed by atoms with E-state index in [4.69, 9.17) is 10.8 Å². The molecule has 1 atom stereocenters. The predicted octanol–water partition coefficient (Wildman–Crippen LogP) is 0.325. The quantitative estimate of drug-likeness (QED) is 0.794. The zero-order valence-corrected chi connectivity index (χ0v) is 9.75. The molecule has 16 heavy (non-hydrogen) atoms. The molecule has 0 spiro atoms. The van der Waals surface area contributed by atoms with Crippen molar-refractivity contribution in [2.75, 3.05) is 17.4 Å². The van der Waals surface area contributed by atoms with Crippen LogP contribution in [0.1, 0.15) is 10.5 Å². The van der Waals surface area contributed by atoms with E-state index in [1.807, 2.05) is 0 Å². The van der Waals surface area contributed by atoms with Crippen LogP contribution < -0.4 is 5.73 Å². The molecule has 0 aliphatic carbocycles. The number of thioether (sulfide) groups is 1. The van der Waals surface area contributed by atoms with E-state index >= 15 is 0 Å². The smallest absolute Gasteiger partial charge is 0.327 e. The van der Waals surface area contributed by atoms with Gasteiger partial charge in [0.2, 0.25) is 0 Å². The number of carbonyl (C=O) groups excluding carboxylic acids is 1. The molecule has 1 aromatic rings. The summed E-state index contributed by atoms with van der Waals surface area (Å²) in [6.45, 7) is 0. The van der Waals surface area contributed by atoms with E-state index in [2.05, 4.69) is 4.98 Å². The number of nitrogens with zero attached hydrogens (tertiary/aromatic N) is 2. The maximum atomic E-state index is 11.9. The lowest BCUT2D eigenvalue weighted by molar-refractivity contribution is -0.140. The number of aromatic nitrogens is 1. The minimum atomic E-state index is -0.985. The Morgan fingerprint density at radius 1 is 1.62 bits per heavy atom. The van der Waals surface area contributed by atoms with E-state index in [0.717, 1.165) is 0 Å². The number of hydrogen-bond acceptors (Lipinski definition) is 6. The van der Waals surface area contributed by atoms with Crippen molar-refractivity contribution in [1.29, 1.82) is 0 Å². The van der Waals surface area contributed by atoms with Crippen LogP contribution in [0.5, 0.6) is 0 Å². The Kier molecular flexibility index (Phi) is 3.01. The van der Waals surface area contributed by atoms with Crippen LogP contribution in [-0.2, 0) is 4.79 Å². The van der Waals surface area contributed by atoms with Gasteiger partial charge in [0.25, 0.3) is 5.91 Å². The molecule has 1 fully saturated rings. The summed E-state index contributed by atoms with van der Waals surface area (Å²) in [5.74, 6) is -0.555. The minimum absolute atomic E-state index is 0.219. The lowest BCUT2D eigenvalue weighted by Gasteiger charge is -2.18. The second-order valence-corrected chi connectivity index (χ2v) is 5.09. The molecular formula is C8H9N3O3S2. The summed E-state index contributed by atoms with van der Waals surface area (Å²) in [6, 6.07) is -0.763. The first kappa shape index (κ1) is 11.2. The van der Waals surface area contributed by atoms with Crippen molar-refractivity contribution < 1.29 is 14.7 Å². The number of anilines is 1. The van der Waals surface area contributed by atoms with Crippen molar-refractivity contribution in [3.05, 3.63) is 11.1 Å². The van der Waals surface area contributed by atoms with Crippen molar-refractivity contribution in [1.82, 2.24) is 9.88 Å². The van der Waals surface area contributed by atoms with Gasteiger partial charge in [-0.15, -0.1) is 23.1 Å². The van der Waals surface area contributed by atoms with E-state index in [-0.39, 0.29) is 11.6 Å². The first-order chi connectivity index (χ1) is 7.59. The molecule has 0 aromatic carbocycles. The summed E-state index contributed by atoms with van der Waals surface area (Å²) in [7, 11) is 0. The Hall–Kier alpha value is -1.28. The lowest BCUT2D eigenvalue weighted by Crippen LogP contribution is -2.41. The van der Waals surface area contributed by atoms with Crippen LogP contribution in [-0.4, -0.2) is 44.5 Å². The standard InChI is InChI=1S/C8H9N3O3S2/c9-8-10-4(1-16-8)6(12)11-3-15-2-5(11)7(13)14/h1,5H,2-3H2,(H2,9,10)(H,13,14). The van der Waals surface area contributed by atoms with Crippen LogP contribution in [0.15, 0.2) is 5.38 Å². The van der Waals surface area contributed by atoms with E-state index in [0.29, 0.717) is 16.8 Å². The number of rotatable bonds is 2. The highest BCUT2D eigenvalue weighted by Crippen LogP contribution is 2.24. The minimum Gasteiger partial charge on any atom is -0.480 e. The number of carboxylic acids is 1. The lowest BCUT2D eigenvalue weighted by atomic mass is 10.3. The fraction of sp³-hybridized carbons (Fsp3) is 0.375. The zero-order valence-electron chi connectivity index (χ0n) is 8.12. The van der Waals surface area contributed by atoms with Gasteiger partial charge in [0.05, 0.1) is 5.88 Å². The van der Waals surface area contributed by atoms with E-state index < -0.39 is 12.0 Å². The predicted molar refractivity (Wildman–Crippen MR) is 61.4 cm³/mol. The molecule has 0 bridgehead atoms. The fourth-order valence-electron chi connectivity index (χ4n) is 1.38. The average molecular weight is 259 g/mol. The van der Waals surface area contributed by atoms with E-state index in [1.165, 1.54) is 28.0 Å². The van der Waals surface area contributed by atoms with Crippen molar-refractivity contribution in [2.45, 2.75) is 6.04 Å². The van der Waals surface area contributed by atoms with Gasteiger partial charge >= 0.3 is 5.97 Å². The molecule has 8 heteroatoms. The van der Waals surface area contributed by atoms with E-state index in [1.54, 1.807) is 5.38 Å². The molecule has 0 saturated carbocycles. The molecule has 1 aromatic heterocycles. The molecule has 1 amide bonds. The largest absolute Gasteiger partial charge is 0.480 e. The number of carbonyl (C=O) groups is 2. The summed E-state index contributed by atoms with van der Waals surface area (Å²) in [5.41, 5.74) is 5.64. The van der Waals surface area contributed by atoms with Gasteiger partial charge in [-0.3, -0.25) is 4.79 Å². The highest BCUT2D eigenvalue weighted by molar-refractivity contribution is 7.99. The molecule has 1 aliphatic heterocycles. The third-order valence-corrected chi connectivity index (χ3v) is 3.86. The van der Waals surface area contributed by atoms with E-state index in [9.17, 15) is 9.59 Å². The number of nitrogens with two attached hydrogens (primary N) is 1. The van der Waals surface area contributed by atoms with Gasteiger partial charge in [0.15, 0.2) is 5.13 Å². The number of carboxylic acid groups (broad SMARTS) is 1. The molecule has 1 unspecified atom stereocenters. The van der Waals surface area contributed by atoms with Crippen LogP contribution in [0, 0.1) is 0 Å². The normalized spacial score (nSPS) is 20.0. The Morgan fingerprint density at radius 3 is 2.94 bits per heavy atom. The summed E-state index contributed by atoms with van der Waals surface area (Å²) in [6.07, 6.45) is 0. The maximum absolute atomic E-state index is 11.9. The fourth-order valence-corrected chi connectivity index (χ4v) is 3.06. The zero-order chi connectivity index (χ0) is 11.7. The summed E-state index contributed by atoms with van der Waals surface area (Å²) >= 11 is 2.58. The highest BCUT2D eigenvalue weighted by atomic mass is 32.2. The van der Waals surface area contributed by atoms with Crippen molar-refractivity contribution >= 4 is 40.1 Å². The van der Waals surface area contributed by atoms with Crippen molar-refractivity contribution in [2.24, 2.45) is 0 Å². The van der Waals surface area contributed by atoms with Crippen molar-refractivity contribution in [3.8, 4) is 0 Å². The number of amides is 1. The molecule has 2 heterocycles. The van der Waals surface area contributed by atoms with Crippen molar-refractivity contribution in [3.63, 3.8) is 0 Å². The maximum Gasteiger partial charge on any atom is 0.327 e. The molecular weight excluding hydrogens is 250 g/mol. The van der Waals surface area contributed by atoms with Gasteiger partial charge in [-0.25, -0.2) is 9.78 Å². The topological polar surface area (TPSA) is 96.5 Å². The SMILES string of the molecule is Nc1nc(C(=O)N2CSCC2C(=O)O)cs1. The van der Waals surface area contributed by atoms with Crippen LogP contribution in [0.4, 0.5) is 5.13 Å². The Morgan fingerprint density at radius 2 is 2.38 bits per heavy atom. The number of thiazole rings is 1.